The molecule has 0 saturated carbocycles. The van der Waals surface area contributed by atoms with Crippen molar-refractivity contribution in [2.45, 2.75) is 6.54 Å². The molecule has 0 bridgehead atoms. The van der Waals surface area contributed by atoms with Crippen LogP contribution in [0.15, 0.2) is 60.7 Å². The summed E-state index contributed by atoms with van der Waals surface area (Å²) in [5.41, 5.74) is 3.49. The zero-order valence-electron chi connectivity index (χ0n) is 17.7. The summed E-state index contributed by atoms with van der Waals surface area (Å²) >= 11 is 0. The molecule has 3 aromatic carbocycles. The molecule has 4 aromatic rings. The van der Waals surface area contributed by atoms with Gasteiger partial charge in [-0.05, 0) is 41.5 Å². The van der Waals surface area contributed by atoms with Crippen LogP contribution in [0.3, 0.4) is 0 Å². The Kier molecular flexibility index (Phi) is 6.17. The normalized spacial score (nSPS) is 11.1. The molecule has 6 nitrogen and oxygen atoms in total. The van der Waals surface area contributed by atoms with Crippen LogP contribution >= 0.6 is 0 Å². The monoisotopic (exact) mass is 431 g/mol. The van der Waals surface area contributed by atoms with Crippen molar-refractivity contribution in [1.29, 1.82) is 0 Å². The summed E-state index contributed by atoms with van der Waals surface area (Å²) in [6.07, 6.45) is 3.57. The Morgan fingerprint density at radius 2 is 1.88 bits per heavy atom. The first-order valence-corrected chi connectivity index (χ1v) is 9.99. The summed E-state index contributed by atoms with van der Waals surface area (Å²) < 4.78 is 24.3. The van der Waals surface area contributed by atoms with E-state index in [1.807, 2.05) is 30.3 Å². The zero-order valence-corrected chi connectivity index (χ0v) is 17.7. The van der Waals surface area contributed by atoms with E-state index in [2.05, 4.69) is 15.5 Å². The largest absolute Gasteiger partial charge is 0.495 e. The van der Waals surface area contributed by atoms with Crippen LogP contribution in [0.25, 0.3) is 23.1 Å². The molecular formula is C25H22FN3O3. The molecule has 0 radical (unpaired) electrons. The number of nitrogens with one attached hydrogen (secondary N) is 2. The van der Waals surface area contributed by atoms with Gasteiger partial charge in [0.05, 0.1) is 36.4 Å². The van der Waals surface area contributed by atoms with Crippen LogP contribution in [0.1, 0.15) is 27.2 Å². The van der Waals surface area contributed by atoms with Crippen molar-refractivity contribution in [2.24, 2.45) is 0 Å². The molecule has 1 aromatic heterocycles. The van der Waals surface area contributed by atoms with Crippen LogP contribution in [-0.2, 0) is 6.54 Å². The number of rotatable bonds is 7. The number of aromatic nitrogens is 2. The molecule has 1 heterocycles. The second-order valence-electron chi connectivity index (χ2n) is 7.07. The highest BCUT2D eigenvalue weighted by Gasteiger charge is 2.18. The number of amides is 1. The van der Waals surface area contributed by atoms with Gasteiger partial charge < -0.3 is 14.8 Å². The van der Waals surface area contributed by atoms with Gasteiger partial charge >= 0.3 is 0 Å². The van der Waals surface area contributed by atoms with Gasteiger partial charge in [0.2, 0.25) is 0 Å². The summed E-state index contributed by atoms with van der Waals surface area (Å²) in [7, 11) is 2.94. The van der Waals surface area contributed by atoms with E-state index < -0.39 is 5.82 Å². The number of hydrogen-bond donors (Lipinski definition) is 2. The average molecular weight is 431 g/mol. The number of carbonyl (C=O) groups is 1. The van der Waals surface area contributed by atoms with E-state index in [1.54, 1.807) is 36.4 Å². The van der Waals surface area contributed by atoms with Crippen molar-refractivity contribution in [3.8, 4) is 11.5 Å². The van der Waals surface area contributed by atoms with Gasteiger partial charge in [-0.15, -0.1) is 0 Å². The third-order valence-corrected chi connectivity index (χ3v) is 5.06. The lowest BCUT2D eigenvalue weighted by Gasteiger charge is -2.11. The molecular weight excluding hydrogens is 409 g/mol. The minimum Gasteiger partial charge on any atom is -0.495 e. The molecule has 0 spiro atoms. The molecule has 4 rings (SSSR count). The van der Waals surface area contributed by atoms with Gasteiger partial charge in [-0.3, -0.25) is 9.89 Å². The highest BCUT2D eigenvalue weighted by molar-refractivity contribution is 6.05. The van der Waals surface area contributed by atoms with Crippen LogP contribution in [0.5, 0.6) is 11.5 Å². The third-order valence-electron chi connectivity index (χ3n) is 5.06. The lowest BCUT2D eigenvalue weighted by molar-refractivity contribution is 0.0948. The van der Waals surface area contributed by atoms with Crippen LogP contribution in [0.2, 0.25) is 0 Å². The van der Waals surface area contributed by atoms with Crippen molar-refractivity contribution in [1.82, 2.24) is 15.5 Å². The first-order valence-electron chi connectivity index (χ1n) is 9.99. The number of ether oxygens (including phenoxy) is 2. The molecule has 0 aliphatic rings. The fourth-order valence-electron chi connectivity index (χ4n) is 3.45. The highest BCUT2D eigenvalue weighted by atomic mass is 19.1. The maximum Gasteiger partial charge on any atom is 0.255 e. The van der Waals surface area contributed by atoms with Crippen LogP contribution < -0.4 is 14.8 Å². The number of nitrogens with zero attached hydrogens (tertiary/aromatic N) is 1. The smallest absolute Gasteiger partial charge is 0.255 e. The Morgan fingerprint density at radius 1 is 1.06 bits per heavy atom. The van der Waals surface area contributed by atoms with Gasteiger partial charge in [-0.2, -0.15) is 5.10 Å². The molecule has 1 amide bonds. The molecule has 32 heavy (non-hydrogen) atoms. The van der Waals surface area contributed by atoms with Gasteiger partial charge in [0.25, 0.3) is 5.91 Å². The fourth-order valence-corrected chi connectivity index (χ4v) is 3.45. The van der Waals surface area contributed by atoms with E-state index in [4.69, 9.17) is 9.47 Å². The SMILES string of the molecule is COc1cc(/C=C/c2n[nH]c3ccc(C(=O)NCc4ccccc4)c(OC)c23)ccc1F. The Bertz CT molecular complexity index is 1280. The predicted octanol–water partition coefficient (Wildman–Crippen LogP) is 4.82. The van der Waals surface area contributed by atoms with Crippen molar-refractivity contribution in [3.05, 3.63) is 88.9 Å². The Balaban J connectivity index is 1.64. The van der Waals surface area contributed by atoms with E-state index in [0.717, 1.165) is 16.6 Å². The minimum atomic E-state index is -0.428. The van der Waals surface area contributed by atoms with Gasteiger partial charge in [-0.1, -0.05) is 42.5 Å². The number of H-pyrrole nitrogens is 1. The highest BCUT2D eigenvalue weighted by Crippen LogP contribution is 2.32. The molecule has 0 aliphatic carbocycles. The van der Waals surface area contributed by atoms with Gasteiger partial charge in [-0.25, -0.2) is 4.39 Å². The Labute approximate surface area is 184 Å². The number of halogens is 1. The molecule has 0 fully saturated rings. The maximum absolute atomic E-state index is 13.7. The van der Waals surface area contributed by atoms with Crippen molar-refractivity contribution in [3.63, 3.8) is 0 Å². The molecule has 2 N–H and O–H groups in total. The second-order valence-corrected chi connectivity index (χ2v) is 7.07. The molecule has 0 saturated heterocycles. The predicted molar refractivity (Wildman–Crippen MR) is 122 cm³/mol. The fraction of sp³-hybridized carbons (Fsp3) is 0.120. The van der Waals surface area contributed by atoms with E-state index in [9.17, 15) is 9.18 Å². The number of benzene rings is 3. The molecule has 0 atom stereocenters. The second kappa shape index (κ2) is 9.34. The number of methoxy groups -OCH3 is 2. The average Bonchev–Trinajstić information content (AvgIpc) is 3.25. The van der Waals surface area contributed by atoms with Crippen LogP contribution in [0.4, 0.5) is 4.39 Å². The molecule has 162 valence electrons. The lowest BCUT2D eigenvalue weighted by Crippen LogP contribution is -2.23. The number of fused-ring (bicyclic) bond motifs is 1. The first kappa shape index (κ1) is 21.1. The summed E-state index contributed by atoms with van der Waals surface area (Å²) in [6.45, 7) is 0.408. The molecule has 0 aliphatic heterocycles. The number of hydrogen-bond acceptors (Lipinski definition) is 4. The topological polar surface area (TPSA) is 76.2 Å². The van der Waals surface area contributed by atoms with E-state index in [0.29, 0.717) is 28.9 Å². The standard InChI is InChI=1S/C25H22FN3O3/c1-31-22-14-16(8-11-19(22)26)9-12-20-23-21(29-28-20)13-10-18(24(23)32-2)25(30)27-15-17-6-4-3-5-7-17/h3-14H,15H2,1-2H3,(H,27,30)(H,28,29)/b12-9+. The van der Waals surface area contributed by atoms with Crippen LogP contribution in [0, 0.1) is 5.82 Å². The van der Waals surface area contributed by atoms with Crippen molar-refractivity contribution >= 4 is 29.0 Å². The minimum absolute atomic E-state index is 0.161. The summed E-state index contributed by atoms with van der Waals surface area (Å²) in [5, 5.41) is 10.9. The van der Waals surface area contributed by atoms with Gasteiger partial charge in [0.1, 0.15) is 5.75 Å². The van der Waals surface area contributed by atoms with E-state index in [1.165, 1.54) is 20.3 Å². The van der Waals surface area contributed by atoms with E-state index in [-0.39, 0.29) is 11.7 Å². The summed E-state index contributed by atoms with van der Waals surface area (Å²) in [4.78, 5) is 12.9. The Morgan fingerprint density at radius 3 is 2.62 bits per heavy atom. The van der Waals surface area contributed by atoms with Gasteiger partial charge in [0, 0.05) is 6.54 Å². The summed E-state index contributed by atoms with van der Waals surface area (Å²) in [6, 6.07) is 17.8. The number of carbonyl (C=O) groups excluding carboxylic acids is 1. The zero-order chi connectivity index (χ0) is 22.5. The Hall–Kier alpha value is -4.13. The van der Waals surface area contributed by atoms with Crippen molar-refractivity contribution < 1.29 is 18.7 Å². The quantitative estimate of drug-likeness (QED) is 0.440. The molecule has 7 heteroatoms. The lowest BCUT2D eigenvalue weighted by atomic mass is 10.1. The third kappa shape index (κ3) is 4.32. The van der Waals surface area contributed by atoms with Gasteiger partial charge in [0.15, 0.2) is 11.6 Å². The van der Waals surface area contributed by atoms with Crippen LogP contribution in [-0.4, -0.2) is 30.3 Å². The first-order chi connectivity index (χ1) is 15.6. The maximum atomic E-state index is 13.7. The summed E-state index contributed by atoms with van der Waals surface area (Å²) in [5.74, 6) is -0.0816. The van der Waals surface area contributed by atoms with E-state index >= 15 is 0 Å². The van der Waals surface area contributed by atoms with Crippen molar-refractivity contribution in [2.75, 3.05) is 14.2 Å². The molecule has 0 unspecified atom stereocenters. The number of aromatic amines is 1.